The third-order valence-corrected chi connectivity index (χ3v) is 4.19. The van der Waals surface area contributed by atoms with Crippen LogP contribution in [0.25, 0.3) is 22.4 Å². The van der Waals surface area contributed by atoms with Gasteiger partial charge >= 0.3 is 5.97 Å². The van der Waals surface area contributed by atoms with Crippen LogP contribution in [0.15, 0.2) is 36.4 Å². The number of fused-ring (bicyclic) bond motifs is 1. The average molecular weight is 309 g/mol. The molecular formula is C17H15N3O3. The lowest BCUT2D eigenvalue weighted by Crippen LogP contribution is -2.36. The molecule has 0 atom stereocenters. The molecule has 0 bridgehead atoms. The summed E-state index contributed by atoms with van der Waals surface area (Å²) in [6, 6.07) is 10.5. The van der Waals surface area contributed by atoms with E-state index in [0.717, 1.165) is 24.1 Å². The summed E-state index contributed by atoms with van der Waals surface area (Å²) in [6.07, 6.45) is 1.22. The van der Waals surface area contributed by atoms with E-state index < -0.39 is 5.97 Å². The molecule has 1 saturated heterocycles. The molecule has 6 nitrogen and oxygen atoms in total. The molecule has 1 fully saturated rings. The van der Waals surface area contributed by atoms with Gasteiger partial charge in [0.1, 0.15) is 17.1 Å². The number of aromatic hydroxyl groups is 1. The second-order valence-electron chi connectivity index (χ2n) is 5.66. The number of rotatable bonds is 3. The molecule has 0 spiro atoms. The predicted octanol–water partition coefficient (Wildman–Crippen LogP) is 2.84. The van der Waals surface area contributed by atoms with Crippen LogP contribution in [0, 0.1) is 0 Å². The van der Waals surface area contributed by atoms with Crippen molar-refractivity contribution in [3.8, 4) is 17.1 Å². The van der Waals surface area contributed by atoms with E-state index in [4.69, 9.17) is 5.11 Å². The van der Waals surface area contributed by atoms with E-state index in [0.29, 0.717) is 11.4 Å². The third kappa shape index (κ3) is 2.28. The molecule has 0 saturated carbocycles. The standard InChI is InChI=1S/C17H15N3O3/c21-15-8-10(2-4-12(15)17(22)23)16-18-13-5-3-11(9-14(13)19-16)20-6-1-7-20/h2-5,8-9,21H,1,6-7H2,(H,18,19)(H,22,23). The normalized spacial score (nSPS) is 14.0. The number of benzene rings is 2. The van der Waals surface area contributed by atoms with Gasteiger partial charge in [0.25, 0.3) is 0 Å². The maximum atomic E-state index is 11.0. The predicted molar refractivity (Wildman–Crippen MR) is 87.0 cm³/mol. The van der Waals surface area contributed by atoms with Gasteiger partial charge in [0, 0.05) is 24.3 Å². The van der Waals surface area contributed by atoms with Crippen LogP contribution in [0.5, 0.6) is 5.75 Å². The molecule has 0 unspecified atom stereocenters. The fourth-order valence-electron chi connectivity index (χ4n) is 2.77. The maximum Gasteiger partial charge on any atom is 0.339 e. The zero-order valence-electron chi connectivity index (χ0n) is 12.3. The second kappa shape index (κ2) is 5.01. The van der Waals surface area contributed by atoms with Gasteiger partial charge in [-0.15, -0.1) is 0 Å². The van der Waals surface area contributed by atoms with Gasteiger partial charge in [-0.05, 0) is 36.8 Å². The third-order valence-electron chi connectivity index (χ3n) is 4.19. The Labute approximate surface area is 132 Å². The molecule has 2 aromatic carbocycles. The summed E-state index contributed by atoms with van der Waals surface area (Å²) in [7, 11) is 0. The summed E-state index contributed by atoms with van der Waals surface area (Å²) < 4.78 is 0. The molecule has 3 aromatic rings. The van der Waals surface area contributed by atoms with Gasteiger partial charge in [0.05, 0.1) is 11.0 Å². The monoisotopic (exact) mass is 309 g/mol. The molecule has 0 amide bonds. The number of aromatic carboxylic acids is 1. The Hall–Kier alpha value is -3.02. The van der Waals surface area contributed by atoms with E-state index in [-0.39, 0.29) is 11.3 Å². The summed E-state index contributed by atoms with van der Waals surface area (Å²) in [4.78, 5) is 21.0. The van der Waals surface area contributed by atoms with E-state index in [9.17, 15) is 9.90 Å². The molecule has 2 heterocycles. The molecule has 116 valence electrons. The highest BCUT2D eigenvalue weighted by Gasteiger charge is 2.16. The summed E-state index contributed by atoms with van der Waals surface area (Å²) in [5, 5.41) is 18.8. The molecule has 3 N–H and O–H groups in total. The van der Waals surface area contributed by atoms with Crippen molar-refractivity contribution in [2.24, 2.45) is 0 Å². The van der Waals surface area contributed by atoms with E-state index >= 15 is 0 Å². The number of carboxylic acid groups (broad SMARTS) is 1. The van der Waals surface area contributed by atoms with E-state index in [1.165, 1.54) is 24.2 Å². The number of carboxylic acids is 1. The van der Waals surface area contributed by atoms with Crippen molar-refractivity contribution in [1.29, 1.82) is 0 Å². The van der Waals surface area contributed by atoms with Crippen molar-refractivity contribution in [2.45, 2.75) is 6.42 Å². The fraction of sp³-hybridized carbons (Fsp3) is 0.176. The highest BCUT2D eigenvalue weighted by Crippen LogP contribution is 2.29. The minimum atomic E-state index is -1.15. The largest absolute Gasteiger partial charge is 0.507 e. The molecule has 0 aliphatic carbocycles. The summed E-state index contributed by atoms with van der Waals surface area (Å²) in [6.45, 7) is 2.16. The quantitative estimate of drug-likeness (QED) is 0.692. The summed E-state index contributed by atoms with van der Waals surface area (Å²) in [5.74, 6) is -0.817. The minimum Gasteiger partial charge on any atom is -0.507 e. The van der Waals surface area contributed by atoms with Gasteiger partial charge in [-0.2, -0.15) is 0 Å². The number of nitrogens with zero attached hydrogens (tertiary/aromatic N) is 2. The number of imidazole rings is 1. The molecule has 6 heteroatoms. The number of anilines is 1. The van der Waals surface area contributed by atoms with E-state index in [2.05, 4.69) is 27.0 Å². The zero-order chi connectivity index (χ0) is 16.0. The lowest BCUT2D eigenvalue weighted by molar-refractivity contribution is 0.0694. The van der Waals surface area contributed by atoms with Crippen molar-refractivity contribution < 1.29 is 15.0 Å². The van der Waals surface area contributed by atoms with Crippen LogP contribution in [0.2, 0.25) is 0 Å². The maximum absolute atomic E-state index is 11.0. The number of hydrogen-bond acceptors (Lipinski definition) is 4. The Morgan fingerprint density at radius 1 is 1.17 bits per heavy atom. The van der Waals surface area contributed by atoms with E-state index in [1.54, 1.807) is 6.07 Å². The first kappa shape index (κ1) is 13.6. The van der Waals surface area contributed by atoms with Crippen molar-refractivity contribution in [1.82, 2.24) is 9.97 Å². The van der Waals surface area contributed by atoms with Gasteiger partial charge in [0.15, 0.2) is 0 Å². The first-order valence-corrected chi connectivity index (χ1v) is 7.43. The first-order valence-electron chi connectivity index (χ1n) is 7.43. The number of carbonyl (C=O) groups is 1. The fourth-order valence-corrected chi connectivity index (χ4v) is 2.77. The topological polar surface area (TPSA) is 89.5 Å². The van der Waals surface area contributed by atoms with Crippen LogP contribution in [-0.2, 0) is 0 Å². The molecule has 1 aliphatic rings. The van der Waals surface area contributed by atoms with Gasteiger partial charge in [-0.1, -0.05) is 6.07 Å². The van der Waals surface area contributed by atoms with Crippen LogP contribution in [-0.4, -0.2) is 39.2 Å². The number of H-pyrrole nitrogens is 1. The van der Waals surface area contributed by atoms with Crippen LogP contribution < -0.4 is 4.90 Å². The summed E-state index contributed by atoms with van der Waals surface area (Å²) >= 11 is 0. The van der Waals surface area contributed by atoms with Gasteiger partial charge < -0.3 is 20.1 Å². The smallest absolute Gasteiger partial charge is 0.339 e. The highest BCUT2D eigenvalue weighted by atomic mass is 16.4. The number of aromatic amines is 1. The molecule has 1 aromatic heterocycles. The Morgan fingerprint density at radius 2 is 2.00 bits per heavy atom. The minimum absolute atomic E-state index is 0.120. The number of nitrogens with one attached hydrogen (secondary N) is 1. The lowest BCUT2D eigenvalue weighted by Gasteiger charge is -2.33. The number of aromatic nitrogens is 2. The van der Waals surface area contributed by atoms with Gasteiger partial charge in [-0.25, -0.2) is 9.78 Å². The second-order valence-corrected chi connectivity index (χ2v) is 5.66. The van der Waals surface area contributed by atoms with Crippen LogP contribution in [0.4, 0.5) is 5.69 Å². The van der Waals surface area contributed by atoms with E-state index in [1.807, 2.05) is 6.07 Å². The number of phenols is 1. The zero-order valence-corrected chi connectivity index (χ0v) is 12.3. The Bertz CT molecular complexity index is 913. The average Bonchev–Trinajstić information content (AvgIpc) is 2.88. The highest BCUT2D eigenvalue weighted by molar-refractivity contribution is 5.92. The number of hydrogen-bond donors (Lipinski definition) is 3. The first-order chi connectivity index (χ1) is 11.1. The van der Waals surface area contributed by atoms with Crippen molar-refractivity contribution in [3.63, 3.8) is 0 Å². The Balaban J connectivity index is 1.74. The van der Waals surface area contributed by atoms with Crippen molar-refractivity contribution in [2.75, 3.05) is 18.0 Å². The Morgan fingerprint density at radius 3 is 2.65 bits per heavy atom. The lowest BCUT2D eigenvalue weighted by atomic mass is 10.1. The van der Waals surface area contributed by atoms with Crippen molar-refractivity contribution >= 4 is 22.7 Å². The van der Waals surface area contributed by atoms with Gasteiger partial charge in [0.2, 0.25) is 0 Å². The van der Waals surface area contributed by atoms with Crippen LogP contribution in [0.1, 0.15) is 16.8 Å². The molecular weight excluding hydrogens is 294 g/mol. The SMILES string of the molecule is O=C(O)c1ccc(-c2nc3ccc(N4CCC4)cc3[nH]2)cc1O. The summed E-state index contributed by atoms with van der Waals surface area (Å²) in [5.41, 5.74) is 3.46. The van der Waals surface area contributed by atoms with Gasteiger partial charge in [-0.3, -0.25) is 0 Å². The Kier molecular flexibility index (Phi) is 2.97. The van der Waals surface area contributed by atoms with Crippen LogP contribution >= 0.6 is 0 Å². The molecule has 1 aliphatic heterocycles. The van der Waals surface area contributed by atoms with Crippen molar-refractivity contribution in [3.05, 3.63) is 42.0 Å². The molecule has 0 radical (unpaired) electrons. The van der Waals surface area contributed by atoms with Crippen LogP contribution in [0.3, 0.4) is 0 Å². The molecule has 23 heavy (non-hydrogen) atoms. The molecule has 4 rings (SSSR count).